The molecule has 0 aliphatic carbocycles. The Bertz CT molecular complexity index is 1120. The molecule has 3 aromatic rings. The summed E-state index contributed by atoms with van der Waals surface area (Å²) >= 11 is 1.13. The summed E-state index contributed by atoms with van der Waals surface area (Å²) in [5.41, 5.74) is 2.39. The molecule has 1 aliphatic rings. The lowest BCUT2D eigenvalue weighted by Gasteiger charge is -2.36. The highest BCUT2D eigenvalue weighted by molar-refractivity contribution is 7.14. The first-order valence-corrected chi connectivity index (χ1v) is 10.4. The van der Waals surface area contributed by atoms with Crippen LogP contribution in [0.2, 0.25) is 0 Å². The van der Waals surface area contributed by atoms with E-state index < -0.39 is 11.6 Å². The average molecular weight is 427 g/mol. The summed E-state index contributed by atoms with van der Waals surface area (Å²) in [4.78, 5) is 30.7. The number of benzene rings is 2. The molecule has 0 fully saturated rings. The van der Waals surface area contributed by atoms with Gasteiger partial charge in [-0.3, -0.25) is 9.59 Å². The van der Waals surface area contributed by atoms with Gasteiger partial charge in [-0.1, -0.05) is 24.3 Å². The monoisotopic (exact) mass is 427 g/mol. The number of aromatic nitrogens is 1. The molecular formula is C22H19F2N3O2S. The van der Waals surface area contributed by atoms with Crippen molar-refractivity contribution in [1.29, 1.82) is 0 Å². The first-order valence-electron chi connectivity index (χ1n) is 9.48. The van der Waals surface area contributed by atoms with Crippen LogP contribution in [-0.4, -0.2) is 28.2 Å². The highest BCUT2D eigenvalue weighted by Gasteiger charge is 2.30. The Kier molecular flexibility index (Phi) is 5.59. The maximum absolute atomic E-state index is 14.0. The van der Waals surface area contributed by atoms with Crippen LogP contribution in [0.1, 0.15) is 30.5 Å². The number of nitrogens with one attached hydrogen (secondary N) is 1. The van der Waals surface area contributed by atoms with Crippen LogP contribution in [0.15, 0.2) is 47.8 Å². The summed E-state index contributed by atoms with van der Waals surface area (Å²) in [5.74, 6) is -1.54. The van der Waals surface area contributed by atoms with E-state index in [2.05, 4.69) is 10.3 Å². The van der Waals surface area contributed by atoms with Gasteiger partial charge in [0.2, 0.25) is 11.8 Å². The van der Waals surface area contributed by atoms with E-state index >= 15 is 0 Å². The van der Waals surface area contributed by atoms with Crippen LogP contribution in [0.4, 0.5) is 13.9 Å². The summed E-state index contributed by atoms with van der Waals surface area (Å²) < 4.78 is 27.4. The van der Waals surface area contributed by atoms with E-state index in [0.29, 0.717) is 6.54 Å². The lowest BCUT2D eigenvalue weighted by Crippen LogP contribution is -2.40. The zero-order valence-electron chi connectivity index (χ0n) is 16.2. The van der Waals surface area contributed by atoms with Gasteiger partial charge in [0.1, 0.15) is 11.6 Å². The van der Waals surface area contributed by atoms with Crippen molar-refractivity contribution in [3.8, 4) is 11.3 Å². The summed E-state index contributed by atoms with van der Waals surface area (Å²) in [5, 5.41) is 4.57. The molecular weight excluding hydrogens is 408 g/mol. The van der Waals surface area contributed by atoms with Crippen LogP contribution in [-0.2, 0) is 16.0 Å². The van der Waals surface area contributed by atoms with Crippen LogP contribution in [0, 0.1) is 11.6 Å². The first kappa shape index (κ1) is 20.2. The number of amides is 2. The van der Waals surface area contributed by atoms with E-state index in [4.69, 9.17) is 0 Å². The molecule has 2 aromatic carbocycles. The van der Waals surface area contributed by atoms with Crippen LogP contribution in [0.5, 0.6) is 0 Å². The smallest absolute Gasteiger partial charge is 0.228 e. The Morgan fingerprint density at radius 2 is 2.03 bits per heavy atom. The molecule has 8 heteroatoms. The normalized spacial score (nSPS) is 15.6. The molecule has 5 nitrogen and oxygen atoms in total. The third-order valence-corrected chi connectivity index (χ3v) is 5.91. The highest BCUT2D eigenvalue weighted by atomic mass is 32.1. The summed E-state index contributed by atoms with van der Waals surface area (Å²) in [6.07, 6.45) is 0.836. The molecule has 1 aromatic heterocycles. The van der Waals surface area contributed by atoms with Crippen molar-refractivity contribution in [2.24, 2.45) is 0 Å². The van der Waals surface area contributed by atoms with E-state index in [1.54, 1.807) is 10.3 Å². The SMILES string of the molecule is CC(=O)N1CCc2ccccc2C1CC(=O)Nc1nc(-c2cc(F)ccc2F)cs1. The number of halogens is 2. The number of thiazole rings is 1. The predicted octanol–water partition coefficient (Wildman–Crippen LogP) is 4.56. The van der Waals surface area contributed by atoms with Crippen molar-refractivity contribution in [1.82, 2.24) is 9.88 Å². The van der Waals surface area contributed by atoms with Crippen LogP contribution in [0.25, 0.3) is 11.3 Å². The van der Waals surface area contributed by atoms with E-state index in [1.807, 2.05) is 24.3 Å². The molecule has 1 N–H and O–H groups in total. The van der Waals surface area contributed by atoms with Gasteiger partial charge in [-0.2, -0.15) is 0 Å². The van der Waals surface area contributed by atoms with Crippen LogP contribution < -0.4 is 5.32 Å². The highest BCUT2D eigenvalue weighted by Crippen LogP contribution is 2.33. The topological polar surface area (TPSA) is 62.3 Å². The second-order valence-corrected chi connectivity index (χ2v) is 7.95. The number of rotatable bonds is 4. The fourth-order valence-corrected chi connectivity index (χ4v) is 4.47. The Labute approximate surface area is 176 Å². The number of anilines is 1. The van der Waals surface area contributed by atoms with Crippen molar-refractivity contribution >= 4 is 28.3 Å². The number of carbonyl (C=O) groups excluding carboxylic acids is 2. The molecule has 2 amide bonds. The second-order valence-electron chi connectivity index (χ2n) is 7.09. The lowest BCUT2D eigenvalue weighted by molar-refractivity contribution is -0.132. The predicted molar refractivity (Wildman–Crippen MR) is 111 cm³/mol. The van der Waals surface area contributed by atoms with E-state index in [9.17, 15) is 18.4 Å². The van der Waals surface area contributed by atoms with Crippen LogP contribution in [0.3, 0.4) is 0 Å². The average Bonchev–Trinajstić information content (AvgIpc) is 3.18. The molecule has 154 valence electrons. The first-order chi connectivity index (χ1) is 14.4. The Morgan fingerprint density at radius 3 is 2.83 bits per heavy atom. The number of hydrogen-bond acceptors (Lipinski definition) is 4. The summed E-state index contributed by atoms with van der Waals surface area (Å²) in [6.45, 7) is 2.06. The lowest BCUT2D eigenvalue weighted by atomic mass is 9.90. The Morgan fingerprint density at radius 1 is 1.23 bits per heavy atom. The molecule has 2 heterocycles. The molecule has 1 unspecified atom stereocenters. The Balaban J connectivity index is 1.51. The fraction of sp³-hybridized carbons (Fsp3) is 0.227. The minimum atomic E-state index is -0.588. The largest absolute Gasteiger partial charge is 0.335 e. The zero-order chi connectivity index (χ0) is 21.3. The molecule has 0 saturated heterocycles. The Hall–Kier alpha value is -3.13. The number of hydrogen-bond donors (Lipinski definition) is 1. The second kappa shape index (κ2) is 8.31. The molecule has 30 heavy (non-hydrogen) atoms. The van der Waals surface area contributed by atoms with Crippen molar-refractivity contribution in [2.75, 3.05) is 11.9 Å². The molecule has 0 bridgehead atoms. The van der Waals surface area contributed by atoms with Gasteiger partial charge < -0.3 is 10.2 Å². The minimum absolute atomic E-state index is 0.0377. The molecule has 1 aliphatic heterocycles. The van der Waals surface area contributed by atoms with E-state index in [1.165, 1.54) is 6.92 Å². The van der Waals surface area contributed by atoms with Gasteiger partial charge in [0.25, 0.3) is 0 Å². The summed E-state index contributed by atoms with van der Waals surface area (Å²) in [6, 6.07) is 10.6. The van der Waals surface area contributed by atoms with Crippen molar-refractivity contribution in [3.63, 3.8) is 0 Å². The van der Waals surface area contributed by atoms with Gasteiger partial charge in [-0.15, -0.1) is 11.3 Å². The van der Waals surface area contributed by atoms with Crippen LogP contribution >= 0.6 is 11.3 Å². The van der Waals surface area contributed by atoms with Gasteiger partial charge in [-0.25, -0.2) is 13.8 Å². The fourth-order valence-electron chi connectivity index (χ4n) is 3.74. The third-order valence-electron chi connectivity index (χ3n) is 5.15. The van der Waals surface area contributed by atoms with Gasteiger partial charge >= 0.3 is 0 Å². The standard InChI is InChI=1S/C22H19F2N3O2S/c1-13(28)27-9-8-14-4-2-3-5-16(14)20(27)11-21(29)26-22-25-19(12-30-22)17-10-15(23)6-7-18(17)24/h2-7,10,12,20H,8-9,11H2,1H3,(H,25,26,29). The maximum atomic E-state index is 14.0. The van der Waals surface area contributed by atoms with Crippen molar-refractivity contribution < 1.29 is 18.4 Å². The third kappa shape index (κ3) is 4.09. The number of carbonyl (C=O) groups is 2. The number of nitrogens with zero attached hydrogens (tertiary/aromatic N) is 2. The number of fused-ring (bicyclic) bond motifs is 1. The quantitative estimate of drug-likeness (QED) is 0.664. The van der Waals surface area contributed by atoms with E-state index in [-0.39, 0.29) is 40.7 Å². The molecule has 0 radical (unpaired) electrons. The van der Waals surface area contributed by atoms with Gasteiger partial charge in [0, 0.05) is 24.4 Å². The molecule has 4 rings (SSSR count). The van der Waals surface area contributed by atoms with E-state index in [0.717, 1.165) is 47.1 Å². The van der Waals surface area contributed by atoms with Gasteiger partial charge in [0.15, 0.2) is 5.13 Å². The van der Waals surface area contributed by atoms with Crippen molar-refractivity contribution in [2.45, 2.75) is 25.8 Å². The van der Waals surface area contributed by atoms with Gasteiger partial charge in [-0.05, 0) is 35.7 Å². The molecule has 0 spiro atoms. The summed E-state index contributed by atoms with van der Waals surface area (Å²) in [7, 11) is 0. The minimum Gasteiger partial charge on any atom is -0.335 e. The molecule has 1 atom stereocenters. The molecule has 0 saturated carbocycles. The van der Waals surface area contributed by atoms with Crippen molar-refractivity contribution in [3.05, 3.63) is 70.6 Å². The zero-order valence-corrected chi connectivity index (χ0v) is 17.0. The van der Waals surface area contributed by atoms with Gasteiger partial charge in [0.05, 0.1) is 18.2 Å². The maximum Gasteiger partial charge on any atom is 0.228 e.